The van der Waals surface area contributed by atoms with Crippen LogP contribution < -0.4 is 4.90 Å². The summed E-state index contributed by atoms with van der Waals surface area (Å²) in [5.74, 6) is -0.975. The summed E-state index contributed by atoms with van der Waals surface area (Å²) in [6.07, 6.45) is 2.44. The van der Waals surface area contributed by atoms with Gasteiger partial charge in [0.2, 0.25) is 15.9 Å². The van der Waals surface area contributed by atoms with E-state index in [0.717, 1.165) is 5.56 Å². The number of carbonyl (C=O) groups excluding carboxylic acids is 1. The Kier molecular flexibility index (Phi) is 6.83. The number of amides is 1. The van der Waals surface area contributed by atoms with Crippen LogP contribution in [0.2, 0.25) is 0 Å². The highest BCUT2D eigenvalue weighted by atomic mass is 32.2. The maximum Gasteiger partial charge on any atom is 0.243 e. The smallest absolute Gasteiger partial charge is 0.243 e. The molecule has 36 heavy (non-hydrogen) atoms. The lowest BCUT2D eigenvalue weighted by molar-refractivity contribution is -0.123. The highest BCUT2D eigenvalue weighted by Gasteiger charge is 2.35. The molecule has 0 saturated carbocycles. The number of nitrogens with zero attached hydrogens (tertiary/aromatic N) is 4. The number of pyridine rings is 1. The third-order valence-electron chi connectivity index (χ3n) is 6.36. The van der Waals surface area contributed by atoms with Crippen molar-refractivity contribution in [3.05, 3.63) is 83.9 Å². The Balaban J connectivity index is 1.37. The van der Waals surface area contributed by atoms with Crippen LogP contribution in [0, 0.1) is 18.7 Å². The van der Waals surface area contributed by atoms with Gasteiger partial charge in [-0.2, -0.15) is 4.31 Å². The van der Waals surface area contributed by atoms with Crippen LogP contribution in [-0.2, 0) is 21.4 Å². The lowest BCUT2D eigenvalue weighted by Crippen LogP contribution is -2.44. The summed E-state index contributed by atoms with van der Waals surface area (Å²) in [6.45, 7) is 2.60. The number of thiazole rings is 1. The Hall–Kier alpha value is -3.21. The van der Waals surface area contributed by atoms with Crippen molar-refractivity contribution in [1.29, 1.82) is 0 Å². The molecule has 0 spiro atoms. The molecule has 4 aromatic rings. The molecular formula is C26H25FN4O3S2. The molecule has 0 bridgehead atoms. The molecule has 1 aliphatic heterocycles. The van der Waals surface area contributed by atoms with E-state index in [4.69, 9.17) is 0 Å². The second-order valence-electron chi connectivity index (χ2n) is 8.82. The molecule has 0 atom stereocenters. The van der Waals surface area contributed by atoms with Gasteiger partial charge in [0, 0.05) is 25.2 Å². The molecule has 1 saturated heterocycles. The van der Waals surface area contributed by atoms with E-state index in [0.29, 0.717) is 28.4 Å². The Morgan fingerprint density at radius 1 is 1.08 bits per heavy atom. The van der Waals surface area contributed by atoms with Gasteiger partial charge < -0.3 is 0 Å². The summed E-state index contributed by atoms with van der Waals surface area (Å²) in [4.78, 5) is 24.3. The highest BCUT2D eigenvalue weighted by molar-refractivity contribution is 7.89. The van der Waals surface area contributed by atoms with E-state index in [1.165, 1.54) is 21.7 Å². The lowest BCUT2D eigenvalue weighted by atomic mass is 9.96. The van der Waals surface area contributed by atoms with Gasteiger partial charge in [0.15, 0.2) is 5.13 Å². The molecule has 3 heterocycles. The van der Waals surface area contributed by atoms with Gasteiger partial charge >= 0.3 is 0 Å². The molecular weight excluding hydrogens is 499 g/mol. The third-order valence-corrected chi connectivity index (χ3v) is 9.32. The molecule has 1 aliphatic rings. The van der Waals surface area contributed by atoms with Gasteiger partial charge in [0.1, 0.15) is 11.3 Å². The van der Waals surface area contributed by atoms with Crippen molar-refractivity contribution in [1.82, 2.24) is 14.3 Å². The highest BCUT2D eigenvalue weighted by Crippen LogP contribution is 2.33. The molecule has 5 rings (SSSR count). The van der Waals surface area contributed by atoms with Crippen LogP contribution in [-0.4, -0.2) is 41.7 Å². The molecule has 0 aliphatic carbocycles. The van der Waals surface area contributed by atoms with Gasteiger partial charge in [0.25, 0.3) is 0 Å². The minimum absolute atomic E-state index is 0.160. The van der Waals surface area contributed by atoms with Gasteiger partial charge in [-0.15, -0.1) is 0 Å². The molecule has 10 heteroatoms. The number of hydrogen-bond donors (Lipinski definition) is 0. The van der Waals surface area contributed by atoms with E-state index in [1.807, 2.05) is 19.1 Å². The van der Waals surface area contributed by atoms with E-state index in [2.05, 4.69) is 9.97 Å². The second-order valence-corrected chi connectivity index (χ2v) is 11.8. The van der Waals surface area contributed by atoms with Crippen molar-refractivity contribution in [3.8, 4) is 0 Å². The monoisotopic (exact) mass is 524 g/mol. The number of halogens is 1. The summed E-state index contributed by atoms with van der Waals surface area (Å²) in [7, 11) is -3.62. The number of hydrogen-bond acceptors (Lipinski definition) is 6. The Morgan fingerprint density at radius 3 is 2.50 bits per heavy atom. The number of piperidine rings is 1. The van der Waals surface area contributed by atoms with Crippen molar-refractivity contribution in [2.75, 3.05) is 18.0 Å². The van der Waals surface area contributed by atoms with Crippen LogP contribution in [0.4, 0.5) is 9.52 Å². The third kappa shape index (κ3) is 4.88. The molecule has 0 unspecified atom stereocenters. The van der Waals surface area contributed by atoms with Crippen molar-refractivity contribution in [2.24, 2.45) is 5.92 Å². The number of para-hydroxylation sites is 1. The minimum atomic E-state index is -3.62. The molecule has 1 amide bonds. The molecule has 2 aromatic heterocycles. The summed E-state index contributed by atoms with van der Waals surface area (Å²) in [6, 6.07) is 17.0. The van der Waals surface area contributed by atoms with Gasteiger partial charge in [-0.25, -0.2) is 17.8 Å². The number of benzene rings is 2. The first kappa shape index (κ1) is 24.5. The first-order valence-corrected chi connectivity index (χ1v) is 13.9. The minimum Gasteiger partial charge on any atom is -0.282 e. The van der Waals surface area contributed by atoms with Crippen LogP contribution in [0.15, 0.2) is 71.8 Å². The van der Waals surface area contributed by atoms with Gasteiger partial charge in [-0.3, -0.25) is 14.7 Å². The maximum atomic E-state index is 14.3. The van der Waals surface area contributed by atoms with Crippen LogP contribution >= 0.6 is 11.3 Å². The van der Waals surface area contributed by atoms with Crippen molar-refractivity contribution >= 4 is 42.6 Å². The Labute approximate surface area is 213 Å². The zero-order valence-corrected chi connectivity index (χ0v) is 21.3. The van der Waals surface area contributed by atoms with Crippen LogP contribution in [0.3, 0.4) is 0 Å². The SMILES string of the molecule is Cc1ccc(S(=O)(=O)N2CCC(C(=O)N(Cc3ccccn3)c3nc4c(F)cccc4s3)CC2)cc1. The van der Waals surface area contributed by atoms with Crippen LogP contribution in [0.1, 0.15) is 24.1 Å². The van der Waals surface area contributed by atoms with E-state index >= 15 is 0 Å². The fourth-order valence-corrected chi connectivity index (χ4v) is 6.79. The van der Waals surface area contributed by atoms with E-state index in [9.17, 15) is 17.6 Å². The molecule has 0 N–H and O–H groups in total. The van der Waals surface area contributed by atoms with Crippen molar-refractivity contribution in [3.63, 3.8) is 0 Å². The van der Waals surface area contributed by atoms with Crippen molar-refractivity contribution < 1.29 is 17.6 Å². The summed E-state index contributed by atoms with van der Waals surface area (Å²) in [5, 5.41) is 0.403. The lowest BCUT2D eigenvalue weighted by Gasteiger charge is -2.33. The summed E-state index contributed by atoms with van der Waals surface area (Å²) >= 11 is 1.25. The second kappa shape index (κ2) is 10.0. The Morgan fingerprint density at radius 2 is 1.83 bits per heavy atom. The Bertz CT molecular complexity index is 1480. The number of rotatable bonds is 6. The summed E-state index contributed by atoms with van der Waals surface area (Å²) in [5.41, 5.74) is 1.90. The predicted molar refractivity (Wildman–Crippen MR) is 138 cm³/mol. The fraction of sp³-hybridized carbons (Fsp3) is 0.269. The van der Waals surface area contributed by atoms with E-state index in [-0.39, 0.29) is 41.9 Å². The molecule has 0 radical (unpaired) electrons. The first-order valence-electron chi connectivity index (χ1n) is 11.7. The van der Waals surface area contributed by atoms with Crippen LogP contribution in [0.25, 0.3) is 10.2 Å². The number of fused-ring (bicyclic) bond motifs is 1. The number of aromatic nitrogens is 2. The quantitative estimate of drug-likeness (QED) is 0.363. The number of aryl methyl sites for hydroxylation is 1. The maximum absolute atomic E-state index is 14.3. The molecule has 1 fully saturated rings. The number of anilines is 1. The zero-order chi connectivity index (χ0) is 25.3. The largest absolute Gasteiger partial charge is 0.282 e. The van der Waals surface area contributed by atoms with Gasteiger partial charge in [-0.1, -0.05) is 41.2 Å². The zero-order valence-electron chi connectivity index (χ0n) is 19.7. The normalized spacial score (nSPS) is 15.3. The average molecular weight is 525 g/mol. The van der Waals surface area contributed by atoms with Gasteiger partial charge in [0.05, 0.1) is 21.8 Å². The summed E-state index contributed by atoms with van der Waals surface area (Å²) < 4.78 is 42.6. The van der Waals surface area contributed by atoms with Crippen molar-refractivity contribution in [2.45, 2.75) is 31.2 Å². The van der Waals surface area contributed by atoms with E-state index < -0.39 is 15.8 Å². The molecule has 7 nitrogen and oxygen atoms in total. The fourth-order valence-electron chi connectivity index (χ4n) is 4.33. The average Bonchev–Trinajstić information content (AvgIpc) is 3.33. The topological polar surface area (TPSA) is 83.5 Å². The standard InChI is InChI=1S/C26H25FN4O3S2/c1-18-8-10-21(11-9-18)36(33,34)30-15-12-19(13-16-30)25(32)31(17-20-5-2-3-14-28-20)26-29-24-22(27)6-4-7-23(24)35-26/h2-11,14,19H,12-13,15-17H2,1H3. The number of sulfonamides is 1. The molecule has 186 valence electrons. The van der Waals surface area contributed by atoms with Crippen LogP contribution in [0.5, 0.6) is 0 Å². The number of carbonyl (C=O) groups is 1. The van der Waals surface area contributed by atoms with Gasteiger partial charge in [-0.05, 0) is 56.2 Å². The molecule has 2 aromatic carbocycles. The first-order chi connectivity index (χ1) is 17.3. The predicted octanol–water partition coefficient (Wildman–Crippen LogP) is 4.77. The van der Waals surface area contributed by atoms with E-state index in [1.54, 1.807) is 53.6 Å².